The maximum absolute atomic E-state index is 13.9. The molecule has 0 radical (unpaired) electrons. The Morgan fingerprint density at radius 1 is 1.03 bits per heavy atom. The van der Waals surface area contributed by atoms with Crippen molar-refractivity contribution in [2.45, 2.75) is 31.7 Å². The second-order valence-corrected chi connectivity index (χ2v) is 7.73. The molecule has 1 unspecified atom stereocenters. The predicted octanol–water partition coefficient (Wildman–Crippen LogP) is 4.57. The largest absolute Gasteiger partial charge is 0.372 e. The van der Waals surface area contributed by atoms with Crippen LogP contribution in [0.5, 0.6) is 0 Å². The van der Waals surface area contributed by atoms with Gasteiger partial charge in [-0.1, -0.05) is 24.3 Å². The van der Waals surface area contributed by atoms with E-state index in [1.54, 1.807) is 31.3 Å². The van der Waals surface area contributed by atoms with Crippen molar-refractivity contribution < 1.29 is 9.18 Å². The minimum Gasteiger partial charge on any atom is -0.372 e. The number of halogens is 1. The smallest absolute Gasteiger partial charge is 0.244 e. The maximum atomic E-state index is 13.9. The Morgan fingerprint density at radius 3 is 2.52 bits per heavy atom. The summed E-state index contributed by atoms with van der Waals surface area (Å²) in [6.07, 6.45) is 3.43. The minimum atomic E-state index is -0.488. The number of piperidine rings is 1. The number of carbonyl (C=O) groups is 1. The topological polar surface area (TPSA) is 70.2 Å². The average molecular weight is 420 g/mol. The molecule has 2 aromatic heterocycles. The number of hydrogen-bond donors (Lipinski definition) is 2. The van der Waals surface area contributed by atoms with E-state index in [0.717, 1.165) is 30.2 Å². The molecule has 2 N–H and O–H groups in total. The number of aromatic nitrogens is 2. The third kappa shape index (κ3) is 5.17. The lowest BCUT2D eigenvalue weighted by Gasteiger charge is -2.33. The number of amides is 1. The predicted molar refractivity (Wildman–Crippen MR) is 120 cm³/mol. The van der Waals surface area contributed by atoms with E-state index in [0.29, 0.717) is 24.7 Å². The number of nitrogens with one attached hydrogen (secondary N) is 2. The number of carbonyl (C=O) groups excluding carboxylic acids is 1. The highest BCUT2D eigenvalue weighted by Crippen LogP contribution is 2.28. The first-order valence-electron chi connectivity index (χ1n) is 10.5. The molecule has 0 spiro atoms. The van der Waals surface area contributed by atoms with Gasteiger partial charge in [0.2, 0.25) is 5.91 Å². The lowest BCUT2D eigenvalue weighted by molar-refractivity contribution is -0.132. The number of rotatable bonds is 6. The van der Waals surface area contributed by atoms with Gasteiger partial charge >= 0.3 is 0 Å². The second-order valence-electron chi connectivity index (χ2n) is 7.73. The summed E-state index contributed by atoms with van der Waals surface area (Å²) in [6.45, 7) is 3.09. The first-order chi connectivity index (χ1) is 15.1. The number of anilines is 3. The van der Waals surface area contributed by atoms with Crippen LogP contribution >= 0.6 is 0 Å². The molecule has 0 aliphatic carbocycles. The summed E-state index contributed by atoms with van der Waals surface area (Å²) in [6, 6.07) is 17.6. The van der Waals surface area contributed by atoms with E-state index in [1.165, 1.54) is 6.07 Å². The zero-order valence-corrected chi connectivity index (χ0v) is 17.5. The van der Waals surface area contributed by atoms with E-state index >= 15 is 0 Å². The fraction of sp³-hybridized carbons (Fsp3) is 0.292. The van der Waals surface area contributed by atoms with Gasteiger partial charge in [0.25, 0.3) is 0 Å². The van der Waals surface area contributed by atoms with Crippen LogP contribution in [0.3, 0.4) is 0 Å². The molecule has 0 saturated carbocycles. The van der Waals surface area contributed by atoms with Crippen LogP contribution in [0.15, 0.2) is 66.9 Å². The van der Waals surface area contributed by atoms with E-state index in [-0.39, 0.29) is 11.7 Å². The van der Waals surface area contributed by atoms with Crippen LogP contribution in [0.1, 0.15) is 31.4 Å². The molecule has 1 fully saturated rings. The Labute approximate surface area is 181 Å². The van der Waals surface area contributed by atoms with Gasteiger partial charge in [-0.2, -0.15) is 0 Å². The molecule has 3 heterocycles. The highest BCUT2D eigenvalue weighted by molar-refractivity contribution is 5.84. The Kier molecular flexibility index (Phi) is 6.40. The molecule has 1 aromatic carbocycles. The Balaban J connectivity index is 1.33. The maximum Gasteiger partial charge on any atom is 0.244 e. The zero-order valence-electron chi connectivity index (χ0n) is 17.5. The van der Waals surface area contributed by atoms with Crippen molar-refractivity contribution in [1.29, 1.82) is 0 Å². The molecule has 1 atom stereocenters. The lowest BCUT2D eigenvalue weighted by Crippen LogP contribution is -2.45. The van der Waals surface area contributed by atoms with Crippen molar-refractivity contribution in [3.8, 4) is 0 Å². The van der Waals surface area contributed by atoms with Gasteiger partial charge < -0.3 is 15.5 Å². The van der Waals surface area contributed by atoms with E-state index in [9.17, 15) is 9.18 Å². The highest BCUT2D eigenvalue weighted by Gasteiger charge is 2.27. The summed E-state index contributed by atoms with van der Waals surface area (Å²) in [5.74, 6) is 1.44. The SMILES string of the molecule is CC(Nc1ccccc1F)C(=O)N1CCC(c2cccc(Nc3ccccn3)n2)CC1. The van der Waals surface area contributed by atoms with E-state index < -0.39 is 6.04 Å². The number of nitrogens with zero attached hydrogens (tertiary/aromatic N) is 3. The number of pyridine rings is 2. The van der Waals surface area contributed by atoms with Crippen LogP contribution in [0.2, 0.25) is 0 Å². The molecular formula is C24H26FN5O. The quantitative estimate of drug-likeness (QED) is 0.613. The highest BCUT2D eigenvalue weighted by atomic mass is 19.1. The number of hydrogen-bond acceptors (Lipinski definition) is 5. The third-order valence-corrected chi connectivity index (χ3v) is 5.53. The Morgan fingerprint density at radius 2 is 1.77 bits per heavy atom. The molecule has 160 valence electrons. The number of likely N-dealkylation sites (tertiary alicyclic amines) is 1. The summed E-state index contributed by atoms with van der Waals surface area (Å²) < 4.78 is 13.9. The molecule has 6 nitrogen and oxygen atoms in total. The van der Waals surface area contributed by atoms with E-state index in [1.807, 2.05) is 41.3 Å². The molecule has 1 amide bonds. The van der Waals surface area contributed by atoms with Crippen molar-refractivity contribution in [1.82, 2.24) is 14.9 Å². The molecule has 1 aliphatic rings. The molecule has 31 heavy (non-hydrogen) atoms. The van der Waals surface area contributed by atoms with Crippen molar-refractivity contribution in [2.75, 3.05) is 23.7 Å². The van der Waals surface area contributed by atoms with Crippen molar-refractivity contribution in [3.63, 3.8) is 0 Å². The van der Waals surface area contributed by atoms with Gasteiger partial charge in [-0.3, -0.25) is 4.79 Å². The minimum absolute atomic E-state index is 0.0137. The van der Waals surface area contributed by atoms with Crippen LogP contribution in [0.4, 0.5) is 21.7 Å². The molecule has 1 aliphatic heterocycles. The summed E-state index contributed by atoms with van der Waals surface area (Å²) in [7, 11) is 0. The Bertz CT molecular complexity index is 1020. The molecule has 0 bridgehead atoms. The summed E-state index contributed by atoms with van der Waals surface area (Å²) in [5.41, 5.74) is 1.37. The van der Waals surface area contributed by atoms with Gasteiger partial charge in [0.1, 0.15) is 23.5 Å². The molecule has 1 saturated heterocycles. The molecular weight excluding hydrogens is 393 g/mol. The van der Waals surface area contributed by atoms with Crippen LogP contribution in [-0.4, -0.2) is 39.9 Å². The zero-order chi connectivity index (χ0) is 21.6. The van der Waals surface area contributed by atoms with Gasteiger partial charge in [-0.25, -0.2) is 14.4 Å². The van der Waals surface area contributed by atoms with Crippen LogP contribution in [0, 0.1) is 5.82 Å². The van der Waals surface area contributed by atoms with Crippen LogP contribution in [0.25, 0.3) is 0 Å². The van der Waals surface area contributed by atoms with Crippen molar-refractivity contribution in [2.24, 2.45) is 0 Å². The second kappa shape index (κ2) is 9.55. The standard InChI is InChI=1S/C24H26FN5O/c1-17(27-21-8-3-2-7-19(21)25)24(31)30-15-12-18(13-16-30)20-9-6-11-23(28-20)29-22-10-4-5-14-26-22/h2-11,14,17-18,27H,12-13,15-16H2,1H3,(H,26,28,29). The van der Waals surface area contributed by atoms with Gasteiger partial charge in [0.05, 0.1) is 5.69 Å². The fourth-order valence-electron chi connectivity index (χ4n) is 3.86. The van der Waals surface area contributed by atoms with E-state index in [2.05, 4.69) is 15.6 Å². The van der Waals surface area contributed by atoms with Gasteiger partial charge in [-0.15, -0.1) is 0 Å². The van der Waals surface area contributed by atoms with Gasteiger partial charge in [-0.05, 0) is 56.2 Å². The molecule has 7 heteroatoms. The number of para-hydroxylation sites is 1. The summed E-state index contributed by atoms with van der Waals surface area (Å²) in [4.78, 5) is 23.7. The normalized spacial score (nSPS) is 15.4. The lowest BCUT2D eigenvalue weighted by atomic mass is 9.92. The molecule has 3 aromatic rings. The molecule has 4 rings (SSSR count). The van der Waals surface area contributed by atoms with Gasteiger partial charge in [0, 0.05) is 30.9 Å². The van der Waals surface area contributed by atoms with Crippen LogP contribution in [-0.2, 0) is 4.79 Å². The Hall–Kier alpha value is -3.48. The fourth-order valence-corrected chi connectivity index (χ4v) is 3.86. The van der Waals surface area contributed by atoms with Crippen molar-refractivity contribution >= 4 is 23.2 Å². The monoisotopic (exact) mass is 419 g/mol. The van der Waals surface area contributed by atoms with Crippen LogP contribution < -0.4 is 10.6 Å². The first kappa shape index (κ1) is 20.8. The van der Waals surface area contributed by atoms with E-state index in [4.69, 9.17) is 4.98 Å². The summed E-state index contributed by atoms with van der Waals surface area (Å²) >= 11 is 0. The number of benzene rings is 1. The average Bonchev–Trinajstić information content (AvgIpc) is 2.81. The van der Waals surface area contributed by atoms with Crippen molar-refractivity contribution in [3.05, 3.63) is 78.4 Å². The third-order valence-electron chi connectivity index (χ3n) is 5.53. The summed E-state index contributed by atoms with van der Waals surface area (Å²) in [5, 5.41) is 6.22. The first-order valence-corrected chi connectivity index (χ1v) is 10.5. The van der Waals surface area contributed by atoms with Gasteiger partial charge in [0.15, 0.2) is 0 Å².